The van der Waals surface area contributed by atoms with Crippen LogP contribution in [0.25, 0.3) is 10.9 Å². The van der Waals surface area contributed by atoms with Crippen LogP contribution >= 0.6 is 0 Å². The van der Waals surface area contributed by atoms with Crippen molar-refractivity contribution in [2.75, 3.05) is 35.8 Å². The van der Waals surface area contributed by atoms with E-state index >= 15 is 0 Å². The minimum atomic E-state index is -2.28. The Morgan fingerprint density at radius 1 is 0.963 bits per heavy atom. The molecule has 1 N–H and O–H groups in total. The summed E-state index contributed by atoms with van der Waals surface area (Å²) in [5.74, 6) is 1.04. The zero-order chi connectivity index (χ0) is 18.6. The molecule has 6 nitrogen and oxygen atoms in total. The minimum absolute atomic E-state index is 0.583. The van der Waals surface area contributed by atoms with Crippen molar-refractivity contribution in [2.24, 2.45) is 0 Å². The van der Waals surface area contributed by atoms with E-state index in [4.69, 9.17) is 4.98 Å². The summed E-state index contributed by atoms with van der Waals surface area (Å²) < 4.78 is 23.7. The number of nitrogens with one attached hydrogen (secondary N) is 1. The fourth-order valence-corrected chi connectivity index (χ4v) is 3.73. The quantitative estimate of drug-likeness (QED) is 0.688. The summed E-state index contributed by atoms with van der Waals surface area (Å²) in [6.07, 6.45) is 0. The molecule has 0 amide bonds. The van der Waals surface area contributed by atoms with Gasteiger partial charge < -0.3 is 14.2 Å². The number of para-hydroxylation sites is 1. The Hall–Kier alpha value is -2.48. The van der Waals surface area contributed by atoms with E-state index in [0.717, 1.165) is 44.1 Å². The summed E-state index contributed by atoms with van der Waals surface area (Å²) >= 11 is -2.28. The first kappa shape index (κ1) is 17.9. The fraction of sp³-hybridized carbons (Fsp3) is 0.250. The highest BCUT2D eigenvalue weighted by Gasteiger charge is 2.18. The number of aromatic nitrogens is 1. The summed E-state index contributed by atoms with van der Waals surface area (Å²) in [6.45, 7) is 4.69. The summed E-state index contributed by atoms with van der Waals surface area (Å²) in [5, 5.41) is 1.17. The average Bonchev–Trinajstić information content (AvgIpc) is 2.69. The number of pyridine rings is 1. The van der Waals surface area contributed by atoms with Gasteiger partial charge in [-0.2, -0.15) is 0 Å². The van der Waals surface area contributed by atoms with Gasteiger partial charge in [-0.15, -0.1) is 0 Å². The van der Waals surface area contributed by atoms with Gasteiger partial charge in [-0.05, 0) is 35.9 Å². The molecule has 1 aromatic heterocycles. The number of nitrogens with zero attached hydrogens (tertiary/aromatic N) is 3. The zero-order valence-electron chi connectivity index (χ0n) is 14.9. The highest BCUT2D eigenvalue weighted by molar-refractivity contribution is 7.80. The summed E-state index contributed by atoms with van der Waals surface area (Å²) in [6, 6.07) is 19.9. The van der Waals surface area contributed by atoms with Gasteiger partial charge in [0.2, 0.25) is 0 Å². The van der Waals surface area contributed by atoms with Crippen molar-refractivity contribution in [1.82, 2.24) is 9.88 Å². The molecule has 0 bridgehead atoms. The number of anilines is 2. The molecule has 2 heterocycles. The number of benzene rings is 2. The van der Waals surface area contributed by atoms with Crippen LogP contribution in [0.1, 0.15) is 5.56 Å². The molecule has 27 heavy (non-hydrogen) atoms. The standard InChI is InChI=1S/C20H22N4O2S/c25-27(26)22-18-8-5-16(6-9-18)15-23-11-13-24(14-12-23)20-10-7-17-3-1-2-4-19(17)21-20/h1-10,22H,11-15H2,(H,25,26)/p-1. The molecular weight excluding hydrogens is 360 g/mol. The van der Waals surface area contributed by atoms with E-state index in [0.29, 0.717) is 5.69 Å². The molecule has 0 spiro atoms. The van der Waals surface area contributed by atoms with Crippen LogP contribution in [0.5, 0.6) is 0 Å². The van der Waals surface area contributed by atoms with Gasteiger partial charge in [0, 0.05) is 55.1 Å². The Morgan fingerprint density at radius 3 is 2.44 bits per heavy atom. The highest BCUT2D eigenvalue weighted by Crippen LogP contribution is 2.20. The number of hydrogen-bond acceptors (Lipinski definition) is 5. The zero-order valence-corrected chi connectivity index (χ0v) is 15.7. The van der Waals surface area contributed by atoms with Crippen LogP contribution in [0.3, 0.4) is 0 Å². The van der Waals surface area contributed by atoms with Crippen LogP contribution in [0, 0.1) is 0 Å². The highest BCUT2D eigenvalue weighted by atomic mass is 32.2. The molecule has 4 rings (SSSR count). The fourth-order valence-electron chi connectivity index (χ4n) is 3.40. The largest absolute Gasteiger partial charge is 0.755 e. The van der Waals surface area contributed by atoms with Crippen molar-refractivity contribution in [3.05, 3.63) is 66.2 Å². The maximum Gasteiger partial charge on any atom is 0.129 e. The molecule has 1 aliphatic heterocycles. The van der Waals surface area contributed by atoms with Crippen molar-refractivity contribution >= 4 is 33.7 Å². The second-order valence-electron chi connectivity index (χ2n) is 6.66. The molecular formula is C20H21N4O2S-. The van der Waals surface area contributed by atoms with Crippen LogP contribution in [0.4, 0.5) is 11.5 Å². The monoisotopic (exact) mass is 381 g/mol. The number of fused-ring (bicyclic) bond motifs is 1. The first-order valence-electron chi connectivity index (χ1n) is 8.95. The normalized spacial score (nSPS) is 16.4. The van der Waals surface area contributed by atoms with E-state index in [2.05, 4.69) is 38.8 Å². The predicted octanol–water partition coefficient (Wildman–Crippen LogP) is 2.76. The van der Waals surface area contributed by atoms with Gasteiger partial charge >= 0.3 is 0 Å². The van der Waals surface area contributed by atoms with Crippen molar-refractivity contribution in [3.63, 3.8) is 0 Å². The molecule has 0 aliphatic carbocycles. The maximum absolute atomic E-state index is 10.7. The van der Waals surface area contributed by atoms with Gasteiger partial charge in [0.15, 0.2) is 0 Å². The third-order valence-electron chi connectivity index (χ3n) is 4.84. The molecule has 1 aliphatic rings. The SMILES string of the molecule is O=S([O-])Nc1ccc(CN2CCN(c3ccc4ccccc4n3)CC2)cc1. The van der Waals surface area contributed by atoms with E-state index < -0.39 is 11.3 Å². The predicted molar refractivity (Wildman–Crippen MR) is 108 cm³/mol. The number of hydrogen-bond donors (Lipinski definition) is 1. The van der Waals surface area contributed by atoms with E-state index in [1.807, 2.05) is 24.3 Å². The third-order valence-corrected chi connectivity index (χ3v) is 5.24. The molecule has 7 heteroatoms. The van der Waals surface area contributed by atoms with Gasteiger partial charge in [-0.25, -0.2) is 4.98 Å². The second kappa shape index (κ2) is 8.04. The van der Waals surface area contributed by atoms with Crippen molar-refractivity contribution < 1.29 is 8.76 Å². The third kappa shape index (κ3) is 4.44. The lowest BCUT2D eigenvalue weighted by Gasteiger charge is -2.35. The molecule has 2 aromatic carbocycles. The summed E-state index contributed by atoms with van der Waals surface area (Å²) in [5.41, 5.74) is 2.79. The lowest BCUT2D eigenvalue weighted by Crippen LogP contribution is -2.46. The second-order valence-corrected chi connectivity index (χ2v) is 7.33. The van der Waals surface area contributed by atoms with Gasteiger partial charge in [0.05, 0.1) is 5.52 Å². The number of rotatable bonds is 5. The van der Waals surface area contributed by atoms with Crippen LogP contribution < -0.4 is 9.62 Å². The van der Waals surface area contributed by atoms with E-state index in [1.54, 1.807) is 12.1 Å². The molecule has 3 aromatic rings. The van der Waals surface area contributed by atoms with Gasteiger partial charge in [0.25, 0.3) is 0 Å². The summed E-state index contributed by atoms with van der Waals surface area (Å²) in [4.78, 5) is 9.53. The molecule has 1 fully saturated rings. The molecule has 1 atom stereocenters. The van der Waals surface area contributed by atoms with E-state index in [1.165, 1.54) is 10.9 Å². The maximum atomic E-state index is 10.7. The van der Waals surface area contributed by atoms with E-state index in [-0.39, 0.29) is 0 Å². The Labute approximate surface area is 161 Å². The molecule has 0 saturated carbocycles. The lowest BCUT2D eigenvalue weighted by molar-refractivity contribution is 0.249. The van der Waals surface area contributed by atoms with Gasteiger partial charge in [-0.1, -0.05) is 30.3 Å². The Bertz CT molecular complexity index is 940. The Kier molecular flexibility index (Phi) is 5.33. The average molecular weight is 381 g/mol. The van der Waals surface area contributed by atoms with E-state index in [9.17, 15) is 8.76 Å². The first-order chi connectivity index (χ1) is 13.2. The summed E-state index contributed by atoms with van der Waals surface area (Å²) in [7, 11) is 0. The molecule has 140 valence electrons. The topological polar surface area (TPSA) is 71.5 Å². The van der Waals surface area contributed by atoms with Crippen LogP contribution in [0.15, 0.2) is 60.7 Å². The minimum Gasteiger partial charge on any atom is -0.755 e. The van der Waals surface area contributed by atoms with Gasteiger partial charge in [-0.3, -0.25) is 9.11 Å². The molecule has 1 saturated heterocycles. The van der Waals surface area contributed by atoms with Crippen molar-refractivity contribution in [3.8, 4) is 0 Å². The lowest BCUT2D eigenvalue weighted by atomic mass is 10.1. The number of piperazine rings is 1. The molecule has 0 radical (unpaired) electrons. The molecule has 1 unspecified atom stereocenters. The van der Waals surface area contributed by atoms with Crippen LogP contribution in [-0.4, -0.2) is 44.8 Å². The van der Waals surface area contributed by atoms with Crippen molar-refractivity contribution in [2.45, 2.75) is 6.54 Å². The Balaban J connectivity index is 1.35. The van der Waals surface area contributed by atoms with Crippen LogP contribution in [0.2, 0.25) is 0 Å². The Morgan fingerprint density at radius 2 is 1.70 bits per heavy atom. The van der Waals surface area contributed by atoms with Crippen LogP contribution in [-0.2, 0) is 17.8 Å². The first-order valence-corrected chi connectivity index (χ1v) is 10.0. The van der Waals surface area contributed by atoms with Gasteiger partial charge in [0.1, 0.15) is 5.82 Å². The van der Waals surface area contributed by atoms with Crippen molar-refractivity contribution in [1.29, 1.82) is 0 Å². The smallest absolute Gasteiger partial charge is 0.129 e.